The molecule has 0 saturated heterocycles. The molecule has 16 heavy (non-hydrogen) atoms. The van der Waals surface area contributed by atoms with Crippen LogP contribution in [0, 0.1) is 0 Å². The van der Waals surface area contributed by atoms with Gasteiger partial charge >= 0.3 is 0 Å². The average molecular weight is 279 g/mol. The third-order valence-electron chi connectivity index (χ3n) is 2.01. The van der Waals surface area contributed by atoms with Gasteiger partial charge in [-0.25, -0.2) is 0 Å². The first-order valence-electron chi connectivity index (χ1n) is 5.05. The van der Waals surface area contributed by atoms with Gasteiger partial charge in [-0.05, 0) is 12.1 Å². The van der Waals surface area contributed by atoms with E-state index >= 15 is 0 Å². The van der Waals surface area contributed by atoms with Crippen molar-refractivity contribution in [2.45, 2.75) is 19.9 Å². The van der Waals surface area contributed by atoms with Gasteiger partial charge in [0.15, 0.2) is 0 Å². The Morgan fingerprint density at radius 1 is 1.19 bits per heavy atom. The summed E-state index contributed by atoms with van der Waals surface area (Å²) >= 11 is 18.0. The molecule has 1 nitrogen and oxygen atoms in total. The van der Waals surface area contributed by atoms with Gasteiger partial charge in [0, 0.05) is 23.2 Å². The van der Waals surface area contributed by atoms with Crippen molar-refractivity contribution in [3.8, 4) is 0 Å². The van der Waals surface area contributed by atoms with Crippen molar-refractivity contribution in [3.05, 3.63) is 38.8 Å². The van der Waals surface area contributed by atoms with Gasteiger partial charge in [0.05, 0.1) is 10.0 Å². The molecule has 1 rings (SSSR count). The second-order valence-electron chi connectivity index (χ2n) is 3.72. The fourth-order valence-electron chi connectivity index (χ4n) is 1.18. The lowest BCUT2D eigenvalue weighted by Crippen LogP contribution is -2.22. The first-order valence-corrected chi connectivity index (χ1v) is 6.19. The van der Waals surface area contributed by atoms with E-state index in [1.54, 1.807) is 12.1 Å². The van der Waals surface area contributed by atoms with E-state index in [2.05, 4.69) is 19.2 Å². The van der Waals surface area contributed by atoms with Crippen molar-refractivity contribution < 1.29 is 0 Å². The normalized spacial score (nSPS) is 11.6. The molecular weight excluding hydrogens is 264 g/mol. The topological polar surface area (TPSA) is 12.0 Å². The van der Waals surface area contributed by atoms with Crippen LogP contribution in [0.1, 0.15) is 19.4 Å². The van der Waals surface area contributed by atoms with Crippen LogP contribution in [0.4, 0.5) is 0 Å². The minimum Gasteiger partial charge on any atom is -0.311 e. The molecule has 0 aliphatic carbocycles. The summed E-state index contributed by atoms with van der Waals surface area (Å²) in [6.45, 7) is 4.96. The van der Waals surface area contributed by atoms with E-state index < -0.39 is 0 Å². The molecule has 0 amide bonds. The van der Waals surface area contributed by atoms with Crippen LogP contribution in [0.2, 0.25) is 15.1 Å². The maximum atomic E-state index is 6.05. The van der Waals surface area contributed by atoms with Gasteiger partial charge in [-0.1, -0.05) is 60.8 Å². The molecule has 0 bridgehead atoms. The van der Waals surface area contributed by atoms with Crippen LogP contribution in [-0.4, -0.2) is 12.6 Å². The van der Waals surface area contributed by atoms with Crippen molar-refractivity contribution in [1.29, 1.82) is 0 Å². The molecule has 0 aliphatic heterocycles. The van der Waals surface area contributed by atoms with Crippen LogP contribution < -0.4 is 5.32 Å². The molecule has 1 aromatic carbocycles. The number of hydrogen-bond acceptors (Lipinski definition) is 1. The van der Waals surface area contributed by atoms with Gasteiger partial charge in [-0.3, -0.25) is 0 Å². The lowest BCUT2D eigenvalue weighted by atomic mass is 10.2. The van der Waals surface area contributed by atoms with Crippen molar-refractivity contribution in [2.75, 3.05) is 6.54 Å². The van der Waals surface area contributed by atoms with Gasteiger partial charge in [-0.2, -0.15) is 0 Å². The molecule has 0 atom stereocenters. The van der Waals surface area contributed by atoms with E-state index in [9.17, 15) is 0 Å². The number of hydrogen-bond donors (Lipinski definition) is 1. The van der Waals surface area contributed by atoms with Crippen molar-refractivity contribution in [1.82, 2.24) is 5.32 Å². The second-order valence-corrected chi connectivity index (χ2v) is 4.91. The highest BCUT2D eigenvalue weighted by molar-refractivity contribution is 6.44. The van der Waals surface area contributed by atoms with E-state index in [4.69, 9.17) is 34.8 Å². The highest BCUT2D eigenvalue weighted by Crippen LogP contribution is 2.32. The van der Waals surface area contributed by atoms with Crippen LogP contribution in [0.15, 0.2) is 18.2 Å². The van der Waals surface area contributed by atoms with Crippen molar-refractivity contribution >= 4 is 40.9 Å². The largest absolute Gasteiger partial charge is 0.311 e. The van der Waals surface area contributed by atoms with Gasteiger partial charge < -0.3 is 5.32 Å². The molecule has 4 heteroatoms. The number of benzene rings is 1. The molecule has 0 heterocycles. The number of nitrogens with one attached hydrogen (secondary N) is 1. The molecule has 0 aliphatic rings. The molecule has 0 spiro atoms. The average Bonchev–Trinajstić information content (AvgIpc) is 2.22. The molecule has 1 aromatic rings. The first kappa shape index (κ1) is 13.9. The van der Waals surface area contributed by atoms with E-state index in [1.807, 2.05) is 12.2 Å². The second kappa shape index (κ2) is 6.51. The molecule has 0 unspecified atom stereocenters. The summed E-state index contributed by atoms with van der Waals surface area (Å²) in [6.07, 6.45) is 3.86. The summed E-state index contributed by atoms with van der Waals surface area (Å²) in [6, 6.07) is 3.89. The minimum absolute atomic E-state index is 0.454. The SMILES string of the molecule is CC(C)NC/C=C/c1c(Cl)ccc(Cl)c1Cl. The lowest BCUT2D eigenvalue weighted by Gasteiger charge is -2.05. The first-order chi connectivity index (χ1) is 7.52. The summed E-state index contributed by atoms with van der Waals surface area (Å²) in [7, 11) is 0. The third-order valence-corrected chi connectivity index (χ3v) is 3.16. The lowest BCUT2D eigenvalue weighted by molar-refractivity contribution is 0.633. The standard InChI is InChI=1S/C12H14Cl3N/c1-8(2)16-7-3-4-9-10(13)5-6-11(14)12(9)15/h3-6,8,16H,7H2,1-2H3/b4-3+. The summed E-state index contributed by atoms with van der Waals surface area (Å²) in [5.41, 5.74) is 0.765. The Morgan fingerprint density at radius 2 is 1.81 bits per heavy atom. The maximum absolute atomic E-state index is 6.05. The third kappa shape index (κ3) is 3.99. The number of halogens is 3. The zero-order chi connectivity index (χ0) is 12.1. The van der Waals surface area contributed by atoms with Gasteiger partial charge in [0.2, 0.25) is 0 Å². The quantitative estimate of drug-likeness (QED) is 0.790. The van der Waals surface area contributed by atoms with Crippen LogP contribution >= 0.6 is 34.8 Å². The van der Waals surface area contributed by atoms with E-state index in [0.717, 1.165) is 12.1 Å². The molecule has 0 radical (unpaired) electrons. The maximum Gasteiger partial charge on any atom is 0.0679 e. The smallest absolute Gasteiger partial charge is 0.0679 e. The molecule has 88 valence electrons. The van der Waals surface area contributed by atoms with E-state index in [0.29, 0.717) is 21.1 Å². The van der Waals surface area contributed by atoms with Crippen LogP contribution in [0.25, 0.3) is 6.08 Å². The summed E-state index contributed by atoms with van der Waals surface area (Å²) in [5, 5.41) is 4.88. The Morgan fingerprint density at radius 3 is 2.44 bits per heavy atom. The van der Waals surface area contributed by atoms with Crippen molar-refractivity contribution in [2.24, 2.45) is 0 Å². The Kier molecular flexibility index (Phi) is 5.63. The van der Waals surface area contributed by atoms with Gasteiger partial charge in [0.1, 0.15) is 0 Å². The van der Waals surface area contributed by atoms with Crippen LogP contribution in [0.3, 0.4) is 0 Å². The molecule has 1 N–H and O–H groups in total. The predicted molar refractivity (Wildman–Crippen MR) is 73.6 cm³/mol. The fraction of sp³-hybridized carbons (Fsp3) is 0.333. The van der Waals surface area contributed by atoms with Crippen LogP contribution in [-0.2, 0) is 0 Å². The Hall–Kier alpha value is -0.210. The predicted octanol–water partition coefficient (Wildman–Crippen LogP) is 4.66. The molecular formula is C12H14Cl3N. The highest BCUT2D eigenvalue weighted by Gasteiger charge is 2.06. The Labute approximate surface area is 111 Å². The zero-order valence-electron chi connectivity index (χ0n) is 9.23. The fourth-order valence-corrected chi connectivity index (χ4v) is 1.84. The monoisotopic (exact) mass is 277 g/mol. The summed E-state index contributed by atoms with van der Waals surface area (Å²) in [5.74, 6) is 0. The summed E-state index contributed by atoms with van der Waals surface area (Å²) < 4.78 is 0. The molecule has 0 aromatic heterocycles. The van der Waals surface area contributed by atoms with Gasteiger partial charge in [-0.15, -0.1) is 0 Å². The number of rotatable bonds is 4. The van der Waals surface area contributed by atoms with Crippen LogP contribution in [0.5, 0.6) is 0 Å². The highest BCUT2D eigenvalue weighted by atomic mass is 35.5. The molecule has 0 fully saturated rings. The molecule has 0 saturated carbocycles. The summed E-state index contributed by atoms with van der Waals surface area (Å²) in [4.78, 5) is 0. The minimum atomic E-state index is 0.454. The Bertz CT molecular complexity index is 386. The van der Waals surface area contributed by atoms with Gasteiger partial charge in [0.25, 0.3) is 0 Å². The van der Waals surface area contributed by atoms with E-state index in [-0.39, 0.29) is 0 Å². The van der Waals surface area contributed by atoms with Crippen molar-refractivity contribution in [3.63, 3.8) is 0 Å². The van der Waals surface area contributed by atoms with E-state index in [1.165, 1.54) is 0 Å². The Balaban J connectivity index is 2.76. The zero-order valence-corrected chi connectivity index (χ0v) is 11.5.